The highest BCUT2D eigenvalue weighted by atomic mass is 32.1. The van der Waals surface area contributed by atoms with Crippen molar-refractivity contribution in [2.24, 2.45) is 0 Å². The summed E-state index contributed by atoms with van der Waals surface area (Å²) in [5, 5.41) is 4.74. The largest absolute Gasteiger partial charge is 0.307 e. The van der Waals surface area contributed by atoms with Gasteiger partial charge in [0.15, 0.2) is 0 Å². The first-order valence-corrected chi connectivity index (χ1v) is 7.91. The summed E-state index contributed by atoms with van der Waals surface area (Å²) in [4.78, 5) is 10.2. The molecule has 2 aromatic rings. The summed E-state index contributed by atoms with van der Waals surface area (Å²) in [6, 6.07) is 4.11. The zero-order chi connectivity index (χ0) is 14.6. The molecule has 0 saturated carbocycles. The molecule has 0 amide bonds. The molecule has 0 unspecified atom stereocenters. The number of nitrogens with one attached hydrogen (secondary N) is 1. The van der Waals surface area contributed by atoms with Crippen LogP contribution in [0.3, 0.4) is 0 Å². The van der Waals surface area contributed by atoms with E-state index in [0.29, 0.717) is 0 Å². The van der Waals surface area contributed by atoms with Crippen LogP contribution >= 0.6 is 11.3 Å². The Hall–Kier alpha value is -1.26. The average Bonchev–Trinajstić information content (AvgIpc) is 2.79. The van der Waals surface area contributed by atoms with E-state index in [0.717, 1.165) is 19.4 Å². The first-order chi connectivity index (χ1) is 9.48. The average molecular weight is 289 g/mol. The first-order valence-electron chi connectivity index (χ1n) is 7.09. The van der Waals surface area contributed by atoms with E-state index >= 15 is 0 Å². The van der Waals surface area contributed by atoms with Gasteiger partial charge in [-0.3, -0.25) is 4.98 Å². The van der Waals surface area contributed by atoms with Crippen LogP contribution in [0.5, 0.6) is 0 Å². The maximum Gasteiger partial charge on any atom is 0.0975 e. The minimum atomic E-state index is 0.139. The summed E-state index contributed by atoms with van der Waals surface area (Å²) in [5.41, 5.74) is 2.64. The van der Waals surface area contributed by atoms with Crippen molar-refractivity contribution in [1.82, 2.24) is 15.3 Å². The maximum absolute atomic E-state index is 4.78. The van der Waals surface area contributed by atoms with E-state index in [-0.39, 0.29) is 5.54 Å². The third kappa shape index (κ3) is 4.39. The normalized spacial score (nSPS) is 11.8. The van der Waals surface area contributed by atoms with E-state index < -0.39 is 0 Å². The van der Waals surface area contributed by atoms with Gasteiger partial charge in [0.1, 0.15) is 0 Å². The van der Waals surface area contributed by atoms with Gasteiger partial charge in [0.05, 0.1) is 10.7 Å². The van der Waals surface area contributed by atoms with Crippen molar-refractivity contribution in [2.45, 2.75) is 52.6 Å². The van der Waals surface area contributed by atoms with E-state index in [1.807, 2.05) is 23.7 Å². The first kappa shape index (κ1) is 15.1. The lowest BCUT2D eigenvalue weighted by molar-refractivity contribution is 0.425. The van der Waals surface area contributed by atoms with Crippen molar-refractivity contribution in [3.8, 4) is 0 Å². The summed E-state index contributed by atoms with van der Waals surface area (Å²) in [6.07, 6.45) is 5.57. The van der Waals surface area contributed by atoms with Gasteiger partial charge in [0, 0.05) is 35.8 Å². The van der Waals surface area contributed by atoms with Crippen LogP contribution in [0.15, 0.2) is 24.5 Å². The predicted octanol–water partition coefficient (Wildman–Crippen LogP) is 3.58. The number of pyridine rings is 1. The highest BCUT2D eigenvalue weighted by molar-refractivity contribution is 7.11. The SMILES string of the molecule is CCc1nc(Cc2ccncc2)sc1CNC(C)(C)C. The van der Waals surface area contributed by atoms with E-state index in [9.17, 15) is 0 Å². The summed E-state index contributed by atoms with van der Waals surface area (Å²) in [6.45, 7) is 9.65. The second-order valence-electron chi connectivity index (χ2n) is 5.97. The number of aromatic nitrogens is 2. The molecule has 0 aliphatic heterocycles. The van der Waals surface area contributed by atoms with Crippen molar-refractivity contribution < 1.29 is 0 Å². The molecule has 0 aliphatic carbocycles. The Morgan fingerprint density at radius 1 is 1.20 bits per heavy atom. The molecule has 0 bridgehead atoms. The van der Waals surface area contributed by atoms with Crippen LogP contribution in [0.25, 0.3) is 0 Å². The topological polar surface area (TPSA) is 37.8 Å². The molecule has 108 valence electrons. The molecule has 0 spiro atoms. The lowest BCUT2D eigenvalue weighted by Gasteiger charge is -2.20. The monoisotopic (exact) mass is 289 g/mol. The fourth-order valence-electron chi connectivity index (χ4n) is 1.95. The van der Waals surface area contributed by atoms with Crippen molar-refractivity contribution in [1.29, 1.82) is 0 Å². The van der Waals surface area contributed by atoms with Crippen molar-refractivity contribution in [2.75, 3.05) is 0 Å². The van der Waals surface area contributed by atoms with Crippen molar-refractivity contribution >= 4 is 11.3 Å². The van der Waals surface area contributed by atoms with Crippen LogP contribution in [-0.4, -0.2) is 15.5 Å². The maximum atomic E-state index is 4.78. The summed E-state index contributed by atoms with van der Waals surface area (Å²) in [7, 11) is 0. The van der Waals surface area contributed by atoms with E-state index in [2.05, 4.69) is 50.1 Å². The fourth-order valence-corrected chi connectivity index (χ4v) is 3.08. The molecule has 2 rings (SSSR count). The summed E-state index contributed by atoms with van der Waals surface area (Å²) >= 11 is 1.83. The molecular formula is C16H23N3S. The Kier molecular flexibility index (Phi) is 4.89. The van der Waals surface area contributed by atoms with Crippen LogP contribution in [0.2, 0.25) is 0 Å². The summed E-state index contributed by atoms with van der Waals surface area (Å²) in [5.74, 6) is 0. The standard InChI is InChI=1S/C16H23N3S/c1-5-13-14(11-18-16(2,3)4)20-15(19-13)10-12-6-8-17-9-7-12/h6-9,18H,5,10-11H2,1-4H3. The molecule has 1 N–H and O–H groups in total. The van der Waals surface area contributed by atoms with Crippen molar-refractivity contribution in [3.63, 3.8) is 0 Å². The number of hydrogen-bond acceptors (Lipinski definition) is 4. The van der Waals surface area contributed by atoms with Crippen LogP contribution in [0.1, 0.15) is 48.8 Å². The van der Waals surface area contributed by atoms with Crippen LogP contribution in [-0.2, 0) is 19.4 Å². The third-order valence-electron chi connectivity index (χ3n) is 3.04. The predicted molar refractivity (Wildman–Crippen MR) is 85.1 cm³/mol. The van der Waals surface area contributed by atoms with Gasteiger partial charge in [-0.2, -0.15) is 0 Å². The van der Waals surface area contributed by atoms with E-state index in [1.54, 1.807) is 0 Å². The van der Waals surface area contributed by atoms with Gasteiger partial charge >= 0.3 is 0 Å². The van der Waals surface area contributed by atoms with Crippen LogP contribution < -0.4 is 5.32 Å². The van der Waals surface area contributed by atoms with Gasteiger partial charge in [0.2, 0.25) is 0 Å². The molecule has 0 atom stereocenters. The van der Waals surface area contributed by atoms with Crippen LogP contribution in [0, 0.1) is 0 Å². The molecule has 0 radical (unpaired) electrons. The highest BCUT2D eigenvalue weighted by Crippen LogP contribution is 2.22. The van der Waals surface area contributed by atoms with Gasteiger partial charge in [0.25, 0.3) is 0 Å². The molecular weight excluding hydrogens is 266 g/mol. The Morgan fingerprint density at radius 2 is 1.90 bits per heavy atom. The van der Waals surface area contributed by atoms with Gasteiger partial charge < -0.3 is 5.32 Å². The van der Waals surface area contributed by atoms with Crippen molar-refractivity contribution in [3.05, 3.63) is 45.7 Å². The second-order valence-corrected chi connectivity index (χ2v) is 7.13. The third-order valence-corrected chi connectivity index (χ3v) is 4.14. The zero-order valence-electron chi connectivity index (χ0n) is 12.7. The minimum Gasteiger partial charge on any atom is -0.307 e. The number of rotatable bonds is 5. The van der Waals surface area contributed by atoms with E-state index in [4.69, 9.17) is 4.98 Å². The van der Waals surface area contributed by atoms with Crippen LogP contribution in [0.4, 0.5) is 0 Å². The zero-order valence-corrected chi connectivity index (χ0v) is 13.5. The molecule has 0 fully saturated rings. The molecule has 20 heavy (non-hydrogen) atoms. The second kappa shape index (κ2) is 6.46. The van der Waals surface area contributed by atoms with E-state index in [1.165, 1.54) is 21.1 Å². The Morgan fingerprint density at radius 3 is 2.50 bits per heavy atom. The van der Waals surface area contributed by atoms with Gasteiger partial charge in [-0.15, -0.1) is 11.3 Å². The molecule has 0 aliphatic rings. The smallest absolute Gasteiger partial charge is 0.0975 e. The Balaban J connectivity index is 2.10. The quantitative estimate of drug-likeness (QED) is 0.914. The molecule has 4 heteroatoms. The molecule has 0 aromatic carbocycles. The highest BCUT2D eigenvalue weighted by Gasteiger charge is 2.14. The van der Waals surface area contributed by atoms with Gasteiger partial charge in [-0.1, -0.05) is 6.92 Å². The molecule has 3 nitrogen and oxygen atoms in total. The van der Waals surface area contributed by atoms with Gasteiger partial charge in [-0.25, -0.2) is 4.98 Å². The lowest BCUT2D eigenvalue weighted by atomic mass is 10.1. The molecule has 2 heterocycles. The lowest BCUT2D eigenvalue weighted by Crippen LogP contribution is -2.35. The Labute approximate surface area is 125 Å². The minimum absolute atomic E-state index is 0.139. The molecule has 2 aromatic heterocycles. The molecule has 0 saturated heterocycles. The fraction of sp³-hybridized carbons (Fsp3) is 0.500. The number of nitrogens with zero attached hydrogens (tertiary/aromatic N) is 2. The summed E-state index contributed by atoms with van der Waals surface area (Å²) < 4.78 is 0. The Bertz CT molecular complexity index is 541. The van der Waals surface area contributed by atoms with Gasteiger partial charge in [-0.05, 0) is 44.9 Å². The number of hydrogen-bond donors (Lipinski definition) is 1. The number of aryl methyl sites for hydroxylation is 1. The number of thiazole rings is 1.